The van der Waals surface area contributed by atoms with Crippen molar-refractivity contribution in [2.24, 2.45) is 0 Å². The van der Waals surface area contributed by atoms with Gasteiger partial charge in [-0.3, -0.25) is 4.72 Å². The zero-order chi connectivity index (χ0) is 10.8. The van der Waals surface area contributed by atoms with E-state index in [2.05, 4.69) is 4.72 Å². The monoisotopic (exact) mass is 218 g/mol. The molecule has 1 rings (SSSR count). The Morgan fingerprint density at radius 2 is 2.07 bits per heavy atom. The van der Waals surface area contributed by atoms with Gasteiger partial charge in [-0.15, -0.1) is 0 Å². The van der Waals surface area contributed by atoms with Gasteiger partial charge in [0, 0.05) is 5.69 Å². The van der Waals surface area contributed by atoms with E-state index in [1.807, 2.05) is 0 Å². The zero-order valence-corrected chi connectivity index (χ0v) is 8.44. The Hall–Kier alpha value is -1.30. The molecule has 78 valence electrons. The van der Waals surface area contributed by atoms with Crippen molar-refractivity contribution in [1.29, 1.82) is 0 Å². The van der Waals surface area contributed by atoms with Gasteiger partial charge in [0.2, 0.25) is 10.0 Å². The van der Waals surface area contributed by atoms with Crippen molar-refractivity contribution in [3.8, 4) is 0 Å². The van der Waals surface area contributed by atoms with Crippen LogP contribution in [0.15, 0.2) is 18.2 Å². The van der Waals surface area contributed by atoms with Crippen LogP contribution >= 0.6 is 0 Å². The lowest BCUT2D eigenvalue weighted by Gasteiger charge is -2.06. The maximum atomic E-state index is 12.8. The Bertz CT molecular complexity index is 411. The number of hydrogen-bond donors (Lipinski definition) is 2. The molecule has 0 unspecified atom stereocenters. The average Bonchev–Trinajstić information content (AvgIpc) is 2.01. The second kappa shape index (κ2) is 3.83. The van der Waals surface area contributed by atoms with Gasteiger partial charge in [0.05, 0.1) is 11.4 Å². The maximum absolute atomic E-state index is 12.8. The van der Waals surface area contributed by atoms with Crippen molar-refractivity contribution in [3.05, 3.63) is 24.0 Å². The molecule has 0 aromatic heterocycles. The van der Waals surface area contributed by atoms with E-state index < -0.39 is 15.8 Å². The first-order chi connectivity index (χ1) is 6.43. The van der Waals surface area contributed by atoms with E-state index in [4.69, 9.17) is 5.73 Å². The molecule has 0 aliphatic heterocycles. The molecule has 0 aliphatic rings. The van der Waals surface area contributed by atoms with Crippen LogP contribution in [0.25, 0.3) is 0 Å². The number of rotatable bonds is 3. The molecule has 3 N–H and O–H groups in total. The van der Waals surface area contributed by atoms with Crippen molar-refractivity contribution in [2.45, 2.75) is 6.92 Å². The third kappa shape index (κ3) is 2.88. The van der Waals surface area contributed by atoms with E-state index in [0.29, 0.717) is 0 Å². The molecule has 6 heteroatoms. The molecule has 14 heavy (non-hydrogen) atoms. The molecule has 0 spiro atoms. The topological polar surface area (TPSA) is 72.2 Å². The van der Waals surface area contributed by atoms with Gasteiger partial charge < -0.3 is 5.73 Å². The van der Waals surface area contributed by atoms with Crippen molar-refractivity contribution in [3.63, 3.8) is 0 Å². The van der Waals surface area contributed by atoms with Crippen molar-refractivity contribution in [2.75, 3.05) is 16.2 Å². The van der Waals surface area contributed by atoms with E-state index in [-0.39, 0.29) is 17.1 Å². The fourth-order valence-corrected chi connectivity index (χ4v) is 1.54. The Balaban J connectivity index is 2.98. The predicted octanol–water partition coefficient (Wildman–Crippen LogP) is 1.17. The first kappa shape index (κ1) is 10.8. The molecule has 0 saturated carbocycles. The van der Waals surface area contributed by atoms with Crippen LogP contribution in [0.2, 0.25) is 0 Å². The molecular weight excluding hydrogens is 207 g/mol. The summed E-state index contributed by atoms with van der Waals surface area (Å²) in [6, 6.07) is 3.55. The normalized spacial score (nSPS) is 11.3. The molecule has 0 bridgehead atoms. The standard InChI is InChI=1S/C8H11FN2O2S/c1-2-14(12,13)11-8-4-6(9)3-7(10)5-8/h3-5,11H,2,10H2,1H3. The summed E-state index contributed by atoms with van der Waals surface area (Å²) >= 11 is 0. The lowest BCUT2D eigenvalue weighted by atomic mass is 10.3. The summed E-state index contributed by atoms with van der Waals surface area (Å²) in [5.41, 5.74) is 5.67. The highest BCUT2D eigenvalue weighted by molar-refractivity contribution is 7.92. The van der Waals surface area contributed by atoms with E-state index in [9.17, 15) is 12.8 Å². The van der Waals surface area contributed by atoms with Crippen LogP contribution in [0, 0.1) is 5.82 Å². The molecule has 0 amide bonds. The van der Waals surface area contributed by atoms with Crippen LogP contribution in [0.3, 0.4) is 0 Å². The molecule has 1 aromatic rings. The van der Waals surface area contributed by atoms with Crippen LogP contribution in [0.5, 0.6) is 0 Å². The lowest BCUT2D eigenvalue weighted by molar-refractivity contribution is 0.602. The Morgan fingerprint density at radius 1 is 1.43 bits per heavy atom. The van der Waals surface area contributed by atoms with Crippen molar-refractivity contribution >= 4 is 21.4 Å². The highest BCUT2D eigenvalue weighted by Crippen LogP contribution is 2.16. The first-order valence-corrected chi connectivity index (χ1v) is 5.65. The quantitative estimate of drug-likeness (QED) is 0.748. The number of hydrogen-bond acceptors (Lipinski definition) is 3. The maximum Gasteiger partial charge on any atom is 0.232 e. The second-order valence-corrected chi connectivity index (χ2v) is 4.79. The molecule has 0 fully saturated rings. The summed E-state index contributed by atoms with van der Waals surface area (Å²) in [5, 5.41) is 0. The van der Waals surface area contributed by atoms with Crippen LogP contribution < -0.4 is 10.5 Å². The number of halogens is 1. The number of nitrogen functional groups attached to an aromatic ring is 1. The number of anilines is 2. The van der Waals surface area contributed by atoms with Gasteiger partial charge >= 0.3 is 0 Å². The minimum atomic E-state index is -3.38. The molecule has 4 nitrogen and oxygen atoms in total. The summed E-state index contributed by atoms with van der Waals surface area (Å²) in [6.45, 7) is 1.49. The van der Waals surface area contributed by atoms with Gasteiger partial charge in [-0.1, -0.05) is 0 Å². The third-order valence-electron chi connectivity index (χ3n) is 1.57. The van der Waals surface area contributed by atoms with E-state index in [0.717, 1.165) is 12.1 Å². The lowest BCUT2D eigenvalue weighted by Crippen LogP contribution is -2.14. The van der Waals surface area contributed by atoms with E-state index >= 15 is 0 Å². The predicted molar refractivity (Wildman–Crippen MR) is 53.9 cm³/mol. The van der Waals surface area contributed by atoms with Crippen LogP contribution in [0.4, 0.5) is 15.8 Å². The van der Waals surface area contributed by atoms with Crippen LogP contribution in [-0.4, -0.2) is 14.2 Å². The van der Waals surface area contributed by atoms with Crippen molar-refractivity contribution in [1.82, 2.24) is 0 Å². The Kier molecular flexibility index (Phi) is 2.95. The van der Waals surface area contributed by atoms with Crippen LogP contribution in [0.1, 0.15) is 6.92 Å². The van der Waals surface area contributed by atoms with Gasteiger partial charge in [-0.25, -0.2) is 12.8 Å². The SMILES string of the molecule is CCS(=O)(=O)Nc1cc(N)cc(F)c1. The highest BCUT2D eigenvalue weighted by atomic mass is 32.2. The van der Waals surface area contributed by atoms with E-state index in [1.165, 1.54) is 13.0 Å². The zero-order valence-electron chi connectivity index (χ0n) is 7.62. The largest absolute Gasteiger partial charge is 0.399 e. The summed E-state index contributed by atoms with van der Waals surface area (Å²) in [6.07, 6.45) is 0. The molecular formula is C8H11FN2O2S. The van der Waals surface area contributed by atoms with Crippen molar-refractivity contribution < 1.29 is 12.8 Å². The molecule has 0 radical (unpaired) electrons. The fraction of sp³-hybridized carbons (Fsp3) is 0.250. The average molecular weight is 218 g/mol. The van der Waals surface area contributed by atoms with Crippen LogP contribution in [-0.2, 0) is 10.0 Å². The second-order valence-electron chi connectivity index (χ2n) is 2.78. The third-order valence-corrected chi connectivity index (χ3v) is 2.88. The van der Waals surface area contributed by atoms with Gasteiger partial charge in [0.15, 0.2) is 0 Å². The van der Waals surface area contributed by atoms with E-state index in [1.54, 1.807) is 0 Å². The van der Waals surface area contributed by atoms with Gasteiger partial charge in [0.1, 0.15) is 5.82 Å². The number of nitrogens with one attached hydrogen (secondary N) is 1. The summed E-state index contributed by atoms with van der Waals surface area (Å²) in [7, 11) is -3.38. The molecule has 0 atom stereocenters. The molecule has 0 heterocycles. The summed E-state index contributed by atoms with van der Waals surface area (Å²) < 4.78 is 37.2. The van der Waals surface area contributed by atoms with Gasteiger partial charge in [-0.05, 0) is 25.1 Å². The highest BCUT2D eigenvalue weighted by Gasteiger charge is 2.07. The minimum Gasteiger partial charge on any atom is -0.399 e. The number of benzene rings is 1. The number of sulfonamides is 1. The number of nitrogens with two attached hydrogens (primary N) is 1. The fourth-order valence-electron chi connectivity index (χ4n) is 0.923. The minimum absolute atomic E-state index is 0.0661. The molecule has 0 saturated heterocycles. The van der Waals surface area contributed by atoms with Gasteiger partial charge in [-0.2, -0.15) is 0 Å². The molecule has 0 aliphatic carbocycles. The van der Waals surface area contributed by atoms with Gasteiger partial charge in [0.25, 0.3) is 0 Å². The first-order valence-electron chi connectivity index (χ1n) is 3.99. The summed E-state index contributed by atoms with van der Waals surface area (Å²) in [4.78, 5) is 0. The Labute approximate surface area is 82.0 Å². The smallest absolute Gasteiger partial charge is 0.232 e. The Morgan fingerprint density at radius 3 is 2.57 bits per heavy atom. The summed E-state index contributed by atoms with van der Waals surface area (Å²) in [5.74, 6) is -0.637. The molecule has 1 aromatic carbocycles.